The molecule has 47 valence electrons. The summed E-state index contributed by atoms with van der Waals surface area (Å²) in [6.07, 6.45) is 1.09. The van der Waals surface area contributed by atoms with Crippen LogP contribution >= 0.6 is 0 Å². The first-order valence-corrected chi connectivity index (χ1v) is 3.13. The molecule has 0 amide bonds. The second kappa shape index (κ2) is 15.6. The Hall–Kier alpha value is 0.474. The van der Waals surface area contributed by atoms with Gasteiger partial charge in [0.2, 0.25) is 0 Å². The zero-order valence-corrected chi connectivity index (χ0v) is 6.71. The third-order valence-electron chi connectivity index (χ3n) is 0.493. The first kappa shape index (κ1) is 11.3. The van der Waals surface area contributed by atoms with Crippen LogP contribution in [0, 0.1) is 6.92 Å². The topological polar surface area (TPSA) is 26.3 Å². The van der Waals surface area contributed by atoms with Gasteiger partial charge in [0.15, 0.2) is 0 Å². The van der Waals surface area contributed by atoms with E-state index >= 15 is 0 Å². The molecule has 2 nitrogen and oxygen atoms in total. The van der Waals surface area contributed by atoms with Crippen LogP contribution in [0.4, 0.5) is 0 Å². The molecule has 0 fully saturated rings. The summed E-state index contributed by atoms with van der Waals surface area (Å²) in [7, 11) is 0. The monoisotopic (exact) mass is 151 g/mol. The maximum atomic E-state index is 8.25. The third kappa shape index (κ3) is 16.1. The zero-order valence-electron chi connectivity index (χ0n) is 5.14. The van der Waals surface area contributed by atoms with E-state index in [1.165, 1.54) is 0 Å². The van der Waals surface area contributed by atoms with Crippen molar-refractivity contribution in [2.45, 2.75) is 13.3 Å². The van der Waals surface area contributed by atoms with Crippen molar-refractivity contribution in [2.24, 2.45) is 0 Å². The molecule has 0 aliphatic rings. The van der Waals surface area contributed by atoms with Crippen LogP contribution in [0.15, 0.2) is 0 Å². The molecule has 0 heterocycles. The van der Waals surface area contributed by atoms with Crippen molar-refractivity contribution >= 4 is 0 Å². The number of ether oxygens (including phenoxy) is 1. The summed E-state index contributed by atoms with van der Waals surface area (Å²) < 4.78 is 13.1. The zero-order chi connectivity index (χ0) is 6.83. The Morgan fingerprint density at radius 2 is 2.12 bits per heavy atom. The van der Waals surface area contributed by atoms with Crippen LogP contribution in [-0.2, 0) is 28.5 Å². The van der Waals surface area contributed by atoms with Crippen LogP contribution in [0.1, 0.15) is 13.3 Å². The summed E-state index contributed by atoms with van der Waals surface area (Å²) in [6.45, 7) is 7.04. The second-order valence-electron chi connectivity index (χ2n) is 1.11. The van der Waals surface area contributed by atoms with Gasteiger partial charge in [-0.15, -0.1) is 0 Å². The SMILES string of the molecule is [CH2-]COCCC.[O]=[Ti+]. The summed E-state index contributed by atoms with van der Waals surface area (Å²) in [5.74, 6) is 0. The van der Waals surface area contributed by atoms with Gasteiger partial charge in [-0.25, -0.2) is 0 Å². The van der Waals surface area contributed by atoms with Gasteiger partial charge < -0.3 is 11.7 Å². The molecule has 0 aromatic carbocycles. The van der Waals surface area contributed by atoms with E-state index in [9.17, 15) is 0 Å². The Kier molecular flexibility index (Phi) is 22.1. The van der Waals surface area contributed by atoms with Crippen LogP contribution in [-0.4, -0.2) is 13.2 Å². The van der Waals surface area contributed by atoms with E-state index in [4.69, 9.17) is 8.06 Å². The van der Waals surface area contributed by atoms with E-state index in [0.29, 0.717) is 6.61 Å². The molecule has 0 spiro atoms. The van der Waals surface area contributed by atoms with Crippen molar-refractivity contribution in [3.8, 4) is 0 Å². The minimum atomic E-state index is 0.605. The molecule has 0 aromatic heterocycles. The molecule has 0 aromatic rings. The van der Waals surface area contributed by atoms with E-state index < -0.39 is 0 Å². The molecule has 0 saturated heterocycles. The van der Waals surface area contributed by atoms with E-state index in [0.717, 1.165) is 33.4 Å². The van der Waals surface area contributed by atoms with Gasteiger partial charge in [-0.3, -0.25) is 0 Å². The summed E-state index contributed by atoms with van der Waals surface area (Å²) in [5, 5.41) is 0. The van der Waals surface area contributed by atoms with Gasteiger partial charge in [0.25, 0.3) is 0 Å². The molecular formula is C5H11O2Ti. The van der Waals surface area contributed by atoms with Gasteiger partial charge in [0.05, 0.1) is 0 Å². The van der Waals surface area contributed by atoms with Gasteiger partial charge in [-0.1, -0.05) is 13.5 Å². The van der Waals surface area contributed by atoms with Crippen LogP contribution in [0.5, 0.6) is 0 Å². The fourth-order valence-corrected chi connectivity index (χ4v) is 0.246. The fourth-order valence-electron chi connectivity index (χ4n) is 0.246. The number of hydrogen-bond donors (Lipinski definition) is 0. The summed E-state index contributed by atoms with van der Waals surface area (Å²) >= 11 is 0.750. The van der Waals surface area contributed by atoms with Crippen LogP contribution in [0.3, 0.4) is 0 Å². The van der Waals surface area contributed by atoms with Crippen molar-refractivity contribution in [3.05, 3.63) is 6.92 Å². The molecule has 0 unspecified atom stereocenters. The number of rotatable bonds is 3. The molecule has 0 bridgehead atoms. The Morgan fingerprint density at radius 1 is 1.62 bits per heavy atom. The average Bonchev–Trinajstić information content (AvgIpc) is 1.88. The molecule has 8 heavy (non-hydrogen) atoms. The van der Waals surface area contributed by atoms with Crippen molar-refractivity contribution < 1.29 is 28.5 Å². The Labute approximate surface area is 62.3 Å². The second-order valence-corrected chi connectivity index (χ2v) is 1.11. The van der Waals surface area contributed by atoms with Crippen LogP contribution < -0.4 is 0 Å². The van der Waals surface area contributed by atoms with Gasteiger partial charge in [0, 0.05) is 6.61 Å². The normalized spacial score (nSPS) is 7.50. The molecule has 0 atom stereocenters. The maximum absolute atomic E-state index is 8.25. The minimum absolute atomic E-state index is 0.605. The molecular weight excluding hydrogens is 140 g/mol. The summed E-state index contributed by atoms with van der Waals surface area (Å²) in [6, 6.07) is 0. The van der Waals surface area contributed by atoms with Gasteiger partial charge in [-0.05, 0) is 6.42 Å². The van der Waals surface area contributed by atoms with Crippen LogP contribution in [0.25, 0.3) is 0 Å². The van der Waals surface area contributed by atoms with Crippen molar-refractivity contribution in [1.29, 1.82) is 0 Å². The predicted molar refractivity (Wildman–Crippen MR) is 27.2 cm³/mol. The van der Waals surface area contributed by atoms with Crippen molar-refractivity contribution in [1.82, 2.24) is 0 Å². The Balaban J connectivity index is 0. The fraction of sp³-hybridized carbons (Fsp3) is 0.800. The van der Waals surface area contributed by atoms with Crippen LogP contribution in [0.2, 0.25) is 0 Å². The number of hydrogen-bond acceptors (Lipinski definition) is 2. The van der Waals surface area contributed by atoms with Crippen molar-refractivity contribution in [3.63, 3.8) is 0 Å². The first-order chi connectivity index (χ1) is 3.91. The average molecular weight is 151 g/mol. The van der Waals surface area contributed by atoms with Gasteiger partial charge in [-0.2, -0.15) is 0 Å². The van der Waals surface area contributed by atoms with E-state index in [-0.39, 0.29) is 0 Å². The first-order valence-electron chi connectivity index (χ1n) is 2.49. The van der Waals surface area contributed by atoms with Gasteiger partial charge >= 0.3 is 23.7 Å². The van der Waals surface area contributed by atoms with Gasteiger partial charge in [0.1, 0.15) is 0 Å². The molecule has 0 radical (unpaired) electrons. The van der Waals surface area contributed by atoms with E-state index in [1.54, 1.807) is 0 Å². The molecule has 0 N–H and O–H groups in total. The Bertz CT molecular complexity index is 29.6. The summed E-state index contributed by atoms with van der Waals surface area (Å²) in [4.78, 5) is 0. The van der Waals surface area contributed by atoms with Crippen molar-refractivity contribution in [2.75, 3.05) is 13.2 Å². The van der Waals surface area contributed by atoms with E-state index in [1.807, 2.05) is 0 Å². The van der Waals surface area contributed by atoms with E-state index in [2.05, 4.69) is 13.8 Å². The third-order valence-corrected chi connectivity index (χ3v) is 0.493. The molecule has 0 aliphatic carbocycles. The molecule has 3 heteroatoms. The standard InChI is InChI=1S/C5H11O.O.Ti/c1-3-5-6-4-2;;/h2-5H2,1H3;;/q-1;;+1. The molecule has 0 aliphatic heterocycles. The quantitative estimate of drug-likeness (QED) is 0.343. The predicted octanol–water partition coefficient (Wildman–Crippen LogP) is 1.13. The Morgan fingerprint density at radius 3 is 2.25 bits per heavy atom. The molecule has 0 saturated carbocycles. The summed E-state index contributed by atoms with van der Waals surface area (Å²) in [5.41, 5.74) is 0. The molecule has 0 rings (SSSR count).